The van der Waals surface area contributed by atoms with Crippen molar-refractivity contribution in [2.75, 3.05) is 0 Å². The van der Waals surface area contributed by atoms with Gasteiger partial charge in [0.1, 0.15) is 5.75 Å². The van der Waals surface area contributed by atoms with Gasteiger partial charge in [-0.1, -0.05) is 12.1 Å². The van der Waals surface area contributed by atoms with Crippen LogP contribution in [0.4, 0.5) is 0 Å². The minimum atomic E-state index is -1.66. The molecule has 0 unspecified atom stereocenters. The van der Waals surface area contributed by atoms with Crippen molar-refractivity contribution in [3.05, 3.63) is 28.8 Å². The number of rotatable bonds is 3. The molecule has 0 aliphatic rings. The van der Waals surface area contributed by atoms with E-state index in [-0.39, 0.29) is 0 Å². The fraction of sp³-hybridized carbons (Fsp3) is 0.417. The Kier molecular flexibility index (Phi) is 3.34. The van der Waals surface area contributed by atoms with Crippen LogP contribution in [-0.4, -0.2) is 14.6 Å². The van der Waals surface area contributed by atoms with E-state index in [9.17, 15) is 4.79 Å². The van der Waals surface area contributed by atoms with Gasteiger partial charge >= 0.3 is 0 Å². The molecule has 15 heavy (non-hydrogen) atoms. The molecular weight excluding hydrogens is 204 g/mol. The molecule has 0 fully saturated rings. The molecule has 0 N–H and O–H groups in total. The second-order valence-electron chi connectivity index (χ2n) is 4.77. The Morgan fingerprint density at radius 3 is 2.13 bits per heavy atom. The monoisotopic (exact) mass is 222 g/mol. The second kappa shape index (κ2) is 4.19. The van der Waals surface area contributed by atoms with Crippen LogP contribution in [0.25, 0.3) is 0 Å². The largest absolute Gasteiger partial charge is 0.544 e. The molecule has 1 aromatic rings. The molecule has 0 heterocycles. The lowest BCUT2D eigenvalue weighted by Crippen LogP contribution is -2.30. The zero-order chi connectivity index (χ0) is 11.6. The normalized spacial score (nSPS) is 11.3. The fourth-order valence-corrected chi connectivity index (χ4v) is 2.28. The summed E-state index contributed by atoms with van der Waals surface area (Å²) in [5.41, 5.74) is 2.70. The van der Waals surface area contributed by atoms with Gasteiger partial charge in [-0.2, -0.15) is 0 Å². The Morgan fingerprint density at radius 2 is 1.67 bits per heavy atom. The fourth-order valence-electron chi connectivity index (χ4n) is 1.40. The number of carbonyl (C=O) groups excluding carboxylic acids is 1. The first-order chi connectivity index (χ1) is 6.85. The lowest BCUT2D eigenvalue weighted by atomic mass is 10.1. The van der Waals surface area contributed by atoms with Crippen molar-refractivity contribution in [3.8, 4) is 5.75 Å². The highest BCUT2D eigenvalue weighted by molar-refractivity contribution is 6.70. The Labute approximate surface area is 92.4 Å². The zero-order valence-corrected chi connectivity index (χ0v) is 11.0. The molecule has 0 aromatic heterocycles. The van der Waals surface area contributed by atoms with Crippen molar-refractivity contribution in [1.82, 2.24) is 0 Å². The van der Waals surface area contributed by atoms with Crippen LogP contribution in [0.3, 0.4) is 0 Å². The van der Waals surface area contributed by atoms with E-state index in [2.05, 4.69) is 19.6 Å². The molecule has 0 aliphatic carbocycles. The van der Waals surface area contributed by atoms with Gasteiger partial charge < -0.3 is 4.43 Å². The molecule has 0 amide bonds. The van der Waals surface area contributed by atoms with Crippen molar-refractivity contribution in [1.29, 1.82) is 0 Å². The summed E-state index contributed by atoms with van der Waals surface area (Å²) in [5, 5.41) is 0. The number of hydrogen-bond donors (Lipinski definition) is 0. The summed E-state index contributed by atoms with van der Waals surface area (Å²) in [5.74, 6) is 0.768. The summed E-state index contributed by atoms with van der Waals surface area (Å²) in [7, 11) is -1.66. The molecule has 0 spiro atoms. The number of aryl methyl sites for hydroxylation is 2. The van der Waals surface area contributed by atoms with E-state index >= 15 is 0 Å². The first kappa shape index (κ1) is 12.0. The third-order valence-electron chi connectivity index (χ3n) is 2.14. The third kappa shape index (κ3) is 2.93. The second-order valence-corrected chi connectivity index (χ2v) is 9.20. The number of hydrogen-bond acceptors (Lipinski definition) is 2. The lowest BCUT2D eigenvalue weighted by Gasteiger charge is -2.22. The molecule has 0 bridgehead atoms. The molecule has 1 aromatic carbocycles. The summed E-state index contributed by atoms with van der Waals surface area (Å²) in [4.78, 5) is 11.0. The minimum absolute atomic E-state index is 0.692. The first-order valence-electron chi connectivity index (χ1n) is 5.09. The molecule has 0 aliphatic heterocycles. The van der Waals surface area contributed by atoms with Crippen molar-refractivity contribution in [3.63, 3.8) is 0 Å². The highest BCUT2D eigenvalue weighted by Crippen LogP contribution is 2.27. The van der Waals surface area contributed by atoms with Crippen molar-refractivity contribution in [2.45, 2.75) is 33.5 Å². The van der Waals surface area contributed by atoms with E-state index in [0.29, 0.717) is 5.56 Å². The number of benzene rings is 1. The molecule has 0 saturated heterocycles. The van der Waals surface area contributed by atoms with E-state index in [1.54, 1.807) is 0 Å². The van der Waals surface area contributed by atoms with Crippen LogP contribution >= 0.6 is 0 Å². The maximum absolute atomic E-state index is 11.0. The van der Waals surface area contributed by atoms with Gasteiger partial charge in [-0.3, -0.25) is 4.79 Å². The molecular formula is C12H18O2Si. The van der Waals surface area contributed by atoms with Crippen LogP contribution < -0.4 is 4.43 Å². The molecule has 2 nitrogen and oxygen atoms in total. The summed E-state index contributed by atoms with van der Waals surface area (Å²) in [6.07, 6.45) is 0.887. The van der Waals surface area contributed by atoms with Crippen LogP contribution in [0.1, 0.15) is 21.5 Å². The van der Waals surface area contributed by atoms with Gasteiger partial charge in [0.2, 0.25) is 8.32 Å². The summed E-state index contributed by atoms with van der Waals surface area (Å²) >= 11 is 0. The summed E-state index contributed by atoms with van der Waals surface area (Å²) in [6.45, 7) is 10.2. The standard InChI is InChI=1S/C12H18O2Si/c1-9-6-7-10(2)12(11(9)8-13)14-15(3,4)5/h6-8H,1-5H3. The van der Waals surface area contributed by atoms with Gasteiger partial charge in [0, 0.05) is 0 Å². The van der Waals surface area contributed by atoms with Gasteiger partial charge in [0.05, 0.1) is 5.56 Å². The minimum Gasteiger partial charge on any atom is -0.544 e. The maximum Gasteiger partial charge on any atom is 0.242 e. The molecule has 0 saturated carbocycles. The average molecular weight is 222 g/mol. The lowest BCUT2D eigenvalue weighted by molar-refractivity contribution is 0.112. The smallest absolute Gasteiger partial charge is 0.242 e. The maximum atomic E-state index is 11.0. The average Bonchev–Trinajstić information content (AvgIpc) is 2.10. The highest BCUT2D eigenvalue weighted by atomic mass is 28.4. The predicted octanol–water partition coefficient (Wildman–Crippen LogP) is 3.33. The molecule has 3 heteroatoms. The predicted molar refractivity (Wildman–Crippen MR) is 65.3 cm³/mol. The highest BCUT2D eigenvalue weighted by Gasteiger charge is 2.20. The van der Waals surface area contributed by atoms with Gasteiger partial charge in [0.15, 0.2) is 6.29 Å². The molecule has 1 rings (SSSR count). The Hall–Kier alpha value is -1.09. The topological polar surface area (TPSA) is 26.3 Å². The van der Waals surface area contributed by atoms with Crippen LogP contribution in [0, 0.1) is 13.8 Å². The van der Waals surface area contributed by atoms with E-state index in [1.165, 1.54) is 0 Å². The van der Waals surface area contributed by atoms with Crippen molar-refractivity contribution in [2.24, 2.45) is 0 Å². The Morgan fingerprint density at radius 1 is 1.13 bits per heavy atom. The first-order valence-corrected chi connectivity index (χ1v) is 8.50. The number of aldehydes is 1. The molecule has 82 valence electrons. The Bertz CT molecular complexity index is 378. The van der Waals surface area contributed by atoms with E-state index in [4.69, 9.17) is 4.43 Å². The van der Waals surface area contributed by atoms with Crippen LogP contribution in [0.15, 0.2) is 12.1 Å². The Balaban J connectivity index is 3.25. The van der Waals surface area contributed by atoms with Gasteiger partial charge in [-0.05, 0) is 44.6 Å². The van der Waals surface area contributed by atoms with Crippen molar-refractivity contribution >= 4 is 14.6 Å². The third-order valence-corrected chi connectivity index (χ3v) is 2.95. The van der Waals surface area contributed by atoms with E-state index < -0.39 is 8.32 Å². The van der Waals surface area contributed by atoms with Crippen LogP contribution in [-0.2, 0) is 0 Å². The SMILES string of the molecule is Cc1ccc(C)c(O[Si](C)(C)C)c1C=O. The van der Waals surface area contributed by atoms with Crippen molar-refractivity contribution < 1.29 is 9.22 Å². The summed E-state index contributed by atoms with van der Waals surface area (Å²) in [6, 6.07) is 3.95. The molecule has 0 radical (unpaired) electrons. The number of carbonyl (C=O) groups is 1. The zero-order valence-electron chi connectivity index (χ0n) is 10.0. The van der Waals surface area contributed by atoms with Crippen LogP contribution in [0.5, 0.6) is 5.75 Å². The van der Waals surface area contributed by atoms with E-state index in [0.717, 1.165) is 23.2 Å². The van der Waals surface area contributed by atoms with Gasteiger partial charge in [0.25, 0.3) is 0 Å². The molecule has 0 atom stereocenters. The van der Waals surface area contributed by atoms with Gasteiger partial charge in [-0.15, -0.1) is 0 Å². The van der Waals surface area contributed by atoms with Gasteiger partial charge in [-0.25, -0.2) is 0 Å². The quantitative estimate of drug-likeness (QED) is 0.579. The van der Waals surface area contributed by atoms with Crippen LogP contribution in [0.2, 0.25) is 19.6 Å². The summed E-state index contributed by atoms with van der Waals surface area (Å²) < 4.78 is 5.94. The van der Waals surface area contributed by atoms with E-state index in [1.807, 2.05) is 26.0 Å².